The third kappa shape index (κ3) is 3.21. The van der Waals surface area contributed by atoms with Crippen LogP contribution in [0.3, 0.4) is 0 Å². The van der Waals surface area contributed by atoms with Crippen LogP contribution in [0.15, 0.2) is 18.2 Å². The van der Waals surface area contributed by atoms with Crippen LogP contribution in [0.25, 0.3) is 0 Å². The van der Waals surface area contributed by atoms with E-state index in [1.807, 2.05) is 12.1 Å². The second kappa shape index (κ2) is 6.36. The van der Waals surface area contributed by atoms with Gasteiger partial charge in [-0.05, 0) is 44.0 Å². The second-order valence-electron chi connectivity index (χ2n) is 4.73. The monoisotopic (exact) mass is 244 g/mol. The maximum Gasteiger partial charge on any atom is 0.142 e. The summed E-state index contributed by atoms with van der Waals surface area (Å²) in [7, 11) is 0. The van der Waals surface area contributed by atoms with E-state index in [1.54, 1.807) is 6.07 Å². The predicted molar refractivity (Wildman–Crippen MR) is 72.4 cm³/mol. The summed E-state index contributed by atoms with van der Waals surface area (Å²) >= 11 is 0. The zero-order valence-electron chi connectivity index (χ0n) is 10.9. The Morgan fingerprint density at radius 2 is 2.22 bits per heavy atom. The van der Waals surface area contributed by atoms with Gasteiger partial charge in [-0.15, -0.1) is 0 Å². The third-order valence-corrected chi connectivity index (χ3v) is 3.47. The van der Waals surface area contributed by atoms with Crippen LogP contribution in [0.4, 0.5) is 5.82 Å². The van der Waals surface area contributed by atoms with Gasteiger partial charge in [-0.2, -0.15) is 5.26 Å². The van der Waals surface area contributed by atoms with Gasteiger partial charge in [-0.3, -0.25) is 0 Å². The predicted octanol–water partition coefficient (Wildman–Crippen LogP) is 1.78. The number of pyridine rings is 1. The van der Waals surface area contributed by atoms with Gasteiger partial charge in [0.25, 0.3) is 0 Å². The molecule has 2 rings (SSSR count). The van der Waals surface area contributed by atoms with Gasteiger partial charge in [0.05, 0.1) is 0 Å². The quantitative estimate of drug-likeness (QED) is 0.877. The van der Waals surface area contributed by atoms with Gasteiger partial charge in [0.1, 0.15) is 17.6 Å². The largest absolute Gasteiger partial charge is 0.357 e. The van der Waals surface area contributed by atoms with E-state index in [4.69, 9.17) is 5.26 Å². The van der Waals surface area contributed by atoms with Crippen LogP contribution in [-0.4, -0.2) is 31.2 Å². The molecule has 0 amide bonds. The first kappa shape index (κ1) is 12.8. The number of nitrogens with zero attached hydrogens (tertiary/aromatic N) is 3. The highest BCUT2D eigenvalue weighted by atomic mass is 15.2. The van der Waals surface area contributed by atoms with Crippen LogP contribution in [0.2, 0.25) is 0 Å². The molecule has 1 saturated heterocycles. The highest BCUT2D eigenvalue weighted by Gasteiger charge is 2.19. The molecule has 0 saturated carbocycles. The highest BCUT2D eigenvalue weighted by molar-refractivity contribution is 5.41. The summed E-state index contributed by atoms with van der Waals surface area (Å²) in [5, 5.41) is 12.3. The van der Waals surface area contributed by atoms with Crippen molar-refractivity contribution in [2.75, 3.05) is 31.1 Å². The molecule has 0 unspecified atom stereocenters. The van der Waals surface area contributed by atoms with Gasteiger partial charge in [0.15, 0.2) is 0 Å². The molecule has 96 valence electrons. The van der Waals surface area contributed by atoms with Crippen LogP contribution in [-0.2, 0) is 0 Å². The number of hydrogen-bond acceptors (Lipinski definition) is 4. The summed E-state index contributed by atoms with van der Waals surface area (Å²) in [5.74, 6) is 1.72. The fourth-order valence-electron chi connectivity index (χ4n) is 2.38. The summed E-state index contributed by atoms with van der Waals surface area (Å²) in [4.78, 5) is 6.63. The Morgan fingerprint density at radius 3 is 2.89 bits per heavy atom. The van der Waals surface area contributed by atoms with Crippen molar-refractivity contribution in [3.8, 4) is 6.07 Å². The summed E-state index contributed by atoms with van der Waals surface area (Å²) in [6.45, 7) is 6.39. The third-order valence-electron chi connectivity index (χ3n) is 3.47. The van der Waals surface area contributed by atoms with Crippen molar-refractivity contribution in [3.63, 3.8) is 0 Å². The zero-order chi connectivity index (χ0) is 12.8. The number of nitrogens with one attached hydrogen (secondary N) is 1. The lowest BCUT2D eigenvalue weighted by Gasteiger charge is -2.32. The Kier molecular flexibility index (Phi) is 4.54. The summed E-state index contributed by atoms with van der Waals surface area (Å²) < 4.78 is 0. The molecule has 1 aliphatic heterocycles. The van der Waals surface area contributed by atoms with Gasteiger partial charge in [0.2, 0.25) is 0 Å². The van der Waals surface area contributed by atoms with Gasteiger partial charge in [-0.25, -0.2) is 4.98 Å². The molecule has 0 aliphatic carbocycles. The minimum Gasteiger partial charge on any atom is -0.357 e. The Bertz CT molecular complexity index is 416. The van der Waals surface area contributed by atoms with Crippen LogP contribution in [0, 0.1) is 17.2 Å². The molecule has 0 atom stereocenters. The molecule has 0 bridgehead atoms. The first-order valence-corrected chi connectivity index (χ1v) is 6.66. The van der Waals surface area contributed by atoms with E-state index in [1.165, 1.54) is 12.8 Å². The molecular formula is C14H20N4. The number of aromatic nitrogens is 1. The van der Waals surface area contributed by atoms with Gasteiger partial charge >= 0.3 is 0 Å². The van der Waals surface area contributed by atoms with Crippen molar-refractivity contribution >= 4 is 5.82 Å². The van der Waals surface area contributed by atoms with Crippen LogP contribution >= 0.6 is 0 Å². The van der Waals surface area contributed by atoms with Crippen LogP contribution < -0.4 is 10.2 Å². The van der Waals surface area contributed by atoms with E-state index in [2.05, 4.69) is 28.2 Å². The molecule has 1 aliphatic rings. The van der Waals surface area contributed by atoms with Gasteiger partial charge in [0, 0.05) is 13.1 Å². The summed E-state index contributed by atoms with van der Waals surface area (Å²) in [6, 6.07) is 7.75. The standard InChI is InChI=1S/C14H20N4/c1-2-16-11-12-6-8-18(9-7-12)14-5-3-4-13(10-15)17-14/h3-5,12,16H,2,6-9,11H2,1H3. The Balaban J connectivity index is 1.91. The summed E-state index contributed by atoms with van der Waals surface area (Å²) in [6.07, 6.45) is 2.40. The molecule has 4 nitrogen and oxygen atoms in total. The molecule has 0 radical (unpaired) electrons. The van der Waals surface area contributed by atoms with Crippen molar-refractivity contribution in [2.24, 2.45) is 5.92 Å². The first-order chi connectivity index (χ1) is 8.83. The van der Waals surface area contributed by atoms with E-state index in [-0.39, 0.29) is 0 Å². The number of nitriles is 1. The van der Waals surface area contributed by atoms with E-state index in [0.29, 0.717) is 5.69 Å². The van der Waals surface area contributed by atoms with Crippen molar-refractivity contribution in [1.82, 2.24) is 10.3 Å². The molecule has 18 heavy (non-hydrogen) atoms. The topological polar surface area (TPSA) is 52.0 Å². The molecule has 0 spiro atoms. The average Bonchev–Trinajstić information content (AvgIpc) is 2.46. The smallest absolute Gasteiger partial charge is 0.142 e. The van der Waals surface area contributed by atoms with Gasteiger partial charge < -0.3 is 10.2 Å². The van der Waals surface area contributed by atoms with E-state index in [9.17, 15) is 0 Å². The van der Waals surface area contributed by atoms with Crippen molar-refractivity contribution in [1.29, 1.82) is 5.26 Å². The SMILES string of the molecule is CCNCC1CCN(c2cccc(C#N)n2)CC1. The molecule has 1 fully saturated rings. The minimum atomic E-state index is 0.502. The lowest BCUT2D eigenvalue weighted by molar-refractivity contribution is 0.385. The molecule has 0 aromatic carbocycles. The molecule has 1 N–H and O–H groups in total. The molecular weight excluding hydrogens is 224 g/mol. The maximum atomic E-state index is 8.86. The Hall–Kier alpha value is -1.60. The molecule has 1 aromatic rings. The van der Waals surface area contributed by atoms with Gasteiger partial charge in [-0.1, -0.05) is 13.0 Å². The maximum absolute atomic E-state index is 8.86. The van der Waals surface area contributed by atoms with Crippen molar-refractivity contribution < 1.29 is 0 Å². The van der Waals surface area contributed by atoms with Crippen molar-refractivity contribution in [2.45, 2.75) is 19.8 Å². The zero-order valence-corrected chi connectivity index (χ0v) is 10.9. The second-order valence-corrected chi connectivity index (χ2v) is 4.73. The van der Waals surface area contributed by atoms with E-state index >= 15 is 0 Å². The van der Waals surface area contributed by atoms with E-state index < -0.39 is 0 Å². The Labute approximate surface area is 109 Å². The number of anilines is 1. The highest BCUT2D eigenvalue weighted by Crippen LogP contribution is 2.21. The number of rotatable bonds is 4. The average molecular weight is 244 g/mol. The van der Waals surface area contributed by atoms with Crippen LogP contribution in [0.1, 0.15) is 25.5 Å². The minimum absolute atomic E-state index is 0.502. The first-order valence-electron chi connectivity index (χ1n) is 6.66. The summed E-state index contributed by atoms with van der Waals surface area (Å²) in [5.41, 5.74) is 0.502. The van der Waals surface area contributed by atoms with E-state index in [0.717, 1.165) is 37.9 Å². The Morgan fingerprint density at radius 1 is 1.44 bits per heavy atom. The molecule has 1 aromatic heterocycles. The molecule has 2 heterocycles. The lowest BCUT2D eigenvalue weighted by atomic mass is 9.97. The van der Waals surface area contributed by atoms with Crippen LogP contribution in [0.5, 0.6) is 0 Å². The normalized spacial score (nSPS) is 16.6. The number of hydrogen-bond donors (Lipinski definition) is 1. The lowest BCUT2D eigenvalue weighted by Crippen LogP contribution is -2.37. The van der Waals surface area contributed by atoms with Crippen molar-refractivity contribution in [3.05, 3.63) is 23.9 Å². The fourth-order valence-corrected chi connectivity index (χ4v) is 2.38. The molecule has 4 heteroatoms. The fraction of sp³-hybridized carbons (Fsp3) is 0.571. The number of piperidine rings is 1.